The minimum Gasteiger partial charge on any atom is -0.493 e. The Labute approximate surface area is 161 Å². The van der Waals surface area contributed by atoms with E-state index in [1.165, 1.54) is 12.0 Å². The van der Waals surface area contributed by atoms with Gasteiger partial charge in [0, 0.05) is 29.2 Å². The van der Waals surface area contributed by atoms with E-state index >= 15 is 0 Å². The van der Waals surface area contributed by atoms with Crippen LogP contribution in [0.1, 0.15) is 15.9 Å². The highest BCUT2D eigenvalue weighted by molar-refractivity contribution is 6.35. The van der Waals surface area contributed by atoms with Gasteiger partial charge in [0.05, 0.1) is 7.11 Å². The molecule has 6 nitrogen and oxygen atoms in total. The first-order valence-corrected chi connectivity index (χ1v) is 8.36. The van der Waals surface area contributed by atoms with Gasteiger partial charge >= 0.3 is 0 Å². The maximum atomic E-state index is 12.7. The Kier molecular flexibility index (Phi) is 6.71. The van der Waals surface area contributed by atoms with Crippen molar-refractivity contribution in [2.45, 2.75) is 6.54 Å². The molecule has 2 rings (SSSR count). The Hall–Kier alpha value is -2.44. The standard InChI is InChI=1S/C18H18Cl2N2O4/c1-22(9-12-3-5-13(19)8-14(12)20)18(24)11-4-6-15(16(7-11)25-2)26-10-17(21)23/h3-8H,9-10H2,1-2H3,(H2,21,23). The summed E-state index contributed by atoms with van der Waals surface area (Å²) in [5, 5.41) is 1.02. The van der Waals surface area contributed by atoms with E-state index in [4.69, 9.17) is 38.4 Å². The summed E-state index contributed by atoms with van der Waals surface area (Å²) in [5.74, 6) is -0.177. The average Bonchev–Trinajstić information content (AvgIpc) is 2.61. The Morgan fingerprint density at radius 2 is 1.85 bits per heavy atom. The second-order valence-electron chi connectivity index (χ2n) is 5.52. The predicted molar refractivity (Wildman–Crippen MR) is 99.9 cm³/mol. The van der Waals surface area contributed by atoms with Gasteiger partial charge in [-0.1, -0.05) is 29.3 Å². The van der Waals surface area contributed by atoms with E-state index in [0.29, 0.717) is 33.7 Å². The number of carbonyl (C=O) groups excluding carboxylic acids is 2. The molecule has 0 unspecified atom stereocenters. The molecule has 0 spiro atoms. The zero-order valence-electron chi connectivity index (χ0n) is 14.3. The van der Waals surface area contributed by atoms with Crippen molar-refractivity contribution >= 4 is 35.0 Å². The van der Waals surface area contributed by atoms with Gasteiger partial charge in [0.25, 0.3) is 11.8 Å². The summed E-state index contributed by atoms with van der Waals surface area (Å²) in [6.45, 7) is 0.0374. The first kappa shape index (κ1) is 19.9. The van der Waals surface area contributed by atoms with Crippen LogP contribution in [0, 0.1) is 0 Å². The van der Waals surface area contributed by atoms with Crippen LogP contribution >= 0.6 is 23.2 Å². The van der Waals surface area contributed by atoms with Crippen LogP contribution in [-0.4, -0.2) is 37.5 Å². The number of ether oxygens (including phenoxy) is 2. The number of methoxy groups -OCH3 is 1. The lowest BCUT2D eigenvalue weighted by Gasteiger charge is -2.19. The highest BCUT2D eigenvalue weighted by Gasteiger charge is 2.16. The molecule has 2 N–H and O–H groups in total. The van der Waals surface area contributed by atoms with Crippen molar-refractivity contribution in [1.82, 2.24) is 4.90 Å². The number of rotatable bonds is 7. The number of benzene rings is 2. The number of nitrogens with zero attached hydrogens (tertiary/aromatic N) is 1. The Balaban J connectivity index is 2.16. The fourth-order valence-electron chi connectivity index (χ4n) is 2.27. The summed E-state index contributed by atoms with van der Waals surface area (Å²) >= 11 is 12.0. The molecular weight excluding hydrogens is 379 g/mol. The van der Waals surface area contributed by atoms with Crippen LogP contribution in [-0.2, 0) is 11.3 Å². The topological polar surface area (TPSA) is 81.9 Å². The lowest BCUT2D eigenvalue weighted by Crippen LogP contribution is -2.26. The molecule has 0 aromatic heterocycles. The van der Waals surface area contributed by atoms with Crippen LogP contribution < -0.4 is 15.2 Å². The molecule has 2 amide bonds. The van der Waals surface area contributed by atoms with Crippen LogP contribution in [0.15, 0.2) is 36.4 Å². The maximum Gasteiger partial charge on any atom is 0.255 e. The minimum atomic E-state index is -0.605. The molecule has 26 heavy (non-hydrogen) atoms. The molecule has 0 bridgehead atoms. The van der Waals surface area contributed by atoms with E-state index in [9.17, 15) is 9.59 Å². The fraction of sp³-hybridized carbons (Fsp3) is 0.222. The minimum absolute atomic E-state index is 0.226. The molecular formula is C18H18Cl2N2O4. The maximum absolute atomic E-state index is 12.7. The first-order valence-electron chi connectivity index (χ1n) is 7.60. The summed E-state index contributed by atoms with van der Waals surface area (Å²) in [5.41, 5.74) is 6.24. The molecule has 138 valence electrons. The van der Waals surface area contributed by atoms with Crippen LogP contribution in [0.4, 0.5) is 0 Å². The van der Waals surface area contributed by atoms with E-state index in [2.05, 4.69) is 0 Å². The smallest absolute Gasteiger partial charge is 0.255 e. The Morgan fingerprint density at radius 3 is 2.46 bits per heavy atom. The summed E-state index contributed by atoms with van der Waals surface area (Å²) in [6, 6.07) is 9.80. The molecule has 0 fully saturated rings. The third-order valence-corrected chi connectivity index (χ3v) is 4.14. The number of halogens is 2. The highest BCUT2D eigenvalue weighted by atomic mass is 35.5. The number of nitrogens with two attached hydrogens (primary N) is 1. The molecule has 8 heteroatoms. The largest absolute Gasteiger partial charge is 0.493 e. The fourth-order valence-corrected chi connectivity index (χ4v) is 2.73. The second kappa shape index (κ2) is 8.78. The van der Waals surface area contributed by atoms with Crippen molar-refractivity contribution in [3.05, 3.63) is 57.6 Å². The van der Waals surface area contributed by atoms with Crippen molar-refractivity contribution in [3.8, 4) is 11.5 Å². The summed E-state index contributed by atoms with van der Waals surface area (Å²) in [7, 11) is 3.11. The molecule has 0 saturated heterocycles. The van der Waals surface area contributed by atoms with Gasteiger partial charge < -0.3 is 20.1 Å². The number of amides is 2. The quantitative estimate of drug-likeness (QED) is 0.778. The van der Waals surface area contributed by atoms with E-state index in [-0.39, 0.29) is 12.5 Å². The van der Waals surface area contributed by atoms with Gasteiger partial charge in [-0.25, -0.2) is 0 Å². The van der Waals surface area contributed by atoms with Gasteiger partial charge in [0.15, 0.2) is 18.1 Å². The van der Waals surface area contributed by atoms with Crippen molar-refractivity contribution in [2.75, 3.05) is 20.8 Å². The zero-order chi connectivity index (χ0) is 19.3. The van der Waals surface area contributed by atoms with Crippen LogP contribution in [0.5, 0.6) is 11.5 Å². The third-order valence-electron chi connectivity index (χ3n) is 3.55. The number of hydrogen-bond acceptors (Lipinski definition) is 4. The van der Waals surface area contributed by atoms with Crippen LogP contribution in [0.2, 0.25) is 10.0 Å². The Morgan fingerprint density at radius 1 is 1.12 bits per heavy atom. The first-order chi connectivity index (χ1) is 12.3. The van der Waals surface area contributed by atoms with Crippen molar-refractivity contribution in [2.24, 2.45) is 5.73 Å². The molecule has 0 heterocycles. The van der Waals surface area contributed by atoms with Crippen LogP contribution in [0.3, 0.4) is 0 Å². The van der Waals surface area contributed by atoms with E-state index < -0.39 is 5.91 Å². The molecule has 0 radical (unpaired) electrons. The molecule has 2 aromatic carbocycles. The predicted octanol–water partition coefficient (Wildman–Crippen LogP) is 3.14. The van der Waals surface area contributed by atoms with E-state index in [1.807, 2.05) is 0 Å². The number of hydrogen-bond donors (Lipinski definition) is 1. The van der Waals surface area contributed by atoms with Gasteiger partial charge in [-0.3, -0.25) is 9.59 Å². The van der Waals surface area contributed by atoms with Crippen molar-refractivity contribution in [3.63, 3.8) is 0 Å². The molecule has 0 aliphatic rings. The van der Waals surface area contributed by atoms with E-state index in [0.717, 1.165) is 5.56 Å². The van der Waals surface area contributed by atoms with E-state index in [1.54, 1.807) is 43.4 Å². The molecule has 0 aliphatic carbocycles. The SMILES string of the molecule is COc1cc(C(=O)N(C)Cc2ccc(Cl)cc2Cl)ccc1OCC(N)=O. The molecule has 0 aliphatic heterocycles. The Bertz CT molecular complexity index is 827. The summed E-state index contributed by atoms with van der Waals surface area (Å²) in [6.07, 6.45) is 0. The van der Waals surface area contributed by atoms with Gasteiger partial charge in [-0.2, -0.15) is 0 Å². The number of carbonyl (C=O) groups is 2. The monoisotopic (exact) mass is 396 g/mol. The summed E-state index contributed by atoms with van der Waals surface area (Å²) < 4.78 is 10.5. The average molecular weight is 397 g/mol. The molecule has 0 atom stereocenters. The molecule has 0 saturated carbocycles. The highest BCUT2D eigenvalue weighted by Crippen LogP contribution is 2.29. The van der Waals surface area contributed by atoms with Gasteiger partial charge in [-0.05, 0) is 35.9 Å². The summed E-state index contributed by atoms with van der Waals surface area (Å²) in [4.78, 5) is 25.0. The second-order valence-corrected chi connectivity index (χ2v) is 6.36. The normalized spacial score (nSPS) is 10.3. The lowest BCUT2D eigenvalue weighted by molar-refractivity contribution is -0.119. The van der Waals surface area contributed by atoms with Crippen molar-refractivity contribution < 1.29 is 19.1 Å². The lowest BCUT2D eigenvalue weighted by atomic mass is 10.1. The number of primary amides is 1. The van der Waals surface area contributed by atoms with Crippen molar-refractivity contribution in [1.29, 1.82) is 0 Å². The third kappa shape index (κ3) is 5.03. The zero-order valence-corrected chi connectivity index (χ0v) is 15.8. The molecule has 2 aromatic rings. The van der Waals surface area contributed by atoms with Gasteiger partial charge in [0.2, 0.25) is 0 Å². The van der Waals surface area contributed by atoms with Crippen LogP contribution in [0.25, 0.3) is 0 Å². The van der Waals surface area contributed by atoms with Gasteiger partial charge in [-0.15, -0.1) is 0 Å². The van der Waals surface area contributed by atoms with Gasteiger partial charge in [0.1, 0.15) is 0 Å².